The third-order valence-electron chi connectivity index (χ3n) is 8.86. The molecular formula is C40H30N4. The van der Waals surface area contributed by atoms with Crippen molar-refractivity contribution in [3.05, 3.63) is 137 Å². The van der Waals surface area contributed by atoms with Crippen molar-refractivity contribution >= 4 is 43.6 Å². The Kier molecular flexibility index (Phi) is 5.73. The van der Waals surface area contributed by atoms with Crippen LogP contribution in [0.3, 0.4) is 0 Å². The number of pyridine rings is 1. The fraction of sp³-hybridized carbons (Fsp3) is 0.100. The molecule has 0 aliphatic rings. The fourth-order valence-electron chi connectivity index (χ4n) is 6.80. The van der Waals surface area contributed by atoms with Gasteiger partial charge in [0.05, 0.1) is 39.0 Å². The monoisotopic (exact) mass is 566 g/mol. The van der Waals surface area contributed by atoms with Crippen LogP contribution in [0.15, 0.2) is 109 Å². The largest absolute Gasteiger partial charge is 0.309 e. The van der Waals surface area contributed by atoms with Crippen molar-refractivity contribution in [1.82, 2.24) is 14.1 Å². The highest BCUT2D eigenvalue weighted by Gasteiger charge is 2.22. The van der Waals surface area contributed by atoms with Gasteiger partial charge < -0.3 is 9.13 Å². The minimum atomic E-state index is 0.620. The Morgan fingerprint density at radius 3 is 1.32 bits per heavy atom. The van der Waals surface area contributed by atoms with Crippen LogP contribution >= 0.6 is 0 Å². The van der Waals surface area contributed by atoms with Crippen molar-refractivity contribution in [1.29, 1.82) is 5.26 Å². The zero-order valence-electron chi connectivity index (χ0n) is 25.2. The van der Waals surface area contributed by atoms with Crippen molar-refractivity contribution in [2.45, 2.75) is 27.7 Å². The summed E-state index contributed by atoms with van der Waals surface area (Å²) in [5, 5.41) is 15.5. The number of rotatable bonds is 3. The second-order valence-electron chi connectivity index (χ2n) is 12.0. The molecule has 44 heavy (non-hydrogen) atoms. The highest BCUT2D eigenvalue weighted by atomic mass is 15.0. The van der Waals surface area contributed by atoms with Crippen LogP contribution in [0.25, 0.3) is 66.1 Å². The molecule has 0 amide bonds. The minimum absolute atomic E-state index is 0.620. The average molecular weight is 567 g/mol. The van der Waals surface area contributed by atoms with E-state index in [1.54, 1.807) is 0 Å². The number of nitriles is 1. The van der Waals surface area contributed by atoms with Gasteiger partial charge in [-0.05, 0) is 104 Å². The molecule has 0 bridgehead atoms. The normalized spacial score (nSPS) is 11.6. The first kappa shape index (κ1) is 26.0. The summed E-state index contributed by atoms with van der Waals surface area (Å²) < 4.78 is 4.61. The zero-order valence-corrected chi connectivity index (χ0v) is 25.2. The number of nitrogens with zero attached hydrogens (tertiary/aromatic N) is 4. The Labute approximate surface area is 256 Å². The molecule has 0 N–H and O–H groups in total. The van der Waals surface area contributed by atoms with Gasteiger partial charge in [-0.25, -0.2) is 0 Å². The van der Waals surface area contributed by atoms with Crippen molar-refractivity contribution in [2.24, 2.45) is 0 Å². The molecule has 3 aromatic heterocycles. The Hall–Kier alpha value is -5.66. The molecular weight excluding hydrogens is 536 g/mol. The summed E-state index contributed by atoms with van der Waals surface area (Å²) in [5.74, 6) is 0. The number of hydrogen-bond donors (Lipinski definition) is 0. The lowest BCUT2D eigenvalue weighted by atomic mass is 10.00. The summed E-state index contributed by atoms with van der Waals surface area (Å²) in [6.07, 6.45) is 3.68. The van der Waals surface area contributed by atoms with Crippen molar-refractivity contribution in [3.63, 3.8) is 0 Å². The molecule has 5 aromatic carbocycles. The number of aryl methyl sites for hydroxylation is 4. The lowest BCUT2D eigenvalue weighted by Crippen LogP contribution is -2.04. The van der Waals surface area contributed by atoms with E-state index < -0.39 is 0 Å². The molecule has 8 aromatic rings. The summed E-state index contributed by atoms with van der Waals surface area (Å²) in [4.78, 5) is 4.33. The summed E-state index contributed by atoms with van der Waals surface area (Å²) in [7, 11) is 0. The van der Waals surface area contributed by atoms with Crippen LogP contribution in [0, 0.1) is 39.0 Å². The molecule has 4 nitrogen and oxygen atoms in total. The first-order valence-corrected chi connectivity index (χ1v) is 14.9. The Balaban J connectivity index is 1.55. The van der Waals surface area contributed by atoms with E-state index in [0.29, 0.717) is 5.56 Å². The van der Waals surface area contributed by atoms with Gasteiger partial charge in [-0.3, -0.25) is 4.98 Å². The molecule has 0 saturated carbocycles. The molecule has 3 heterocycles. The summed E-state index contributed by atoms with van der Waals surface area (Å²) >= 11 is 0. The maximum Gasteiger partial charge on any atom is 0.101 e. The number of aromatic nitrogens is 3. The SMILES string of the molecule is Cc1ccc2c3ccc(C)cc3n(-c3cc(-c4ccncc4)c(-n4c5cc(C)ccc5c5ccc(C)cc54)cc3C#N)c2c1. The molecule has 0 aliphatic heterocycles. The first-order chi connectivity index (χ1) is 21.4. The molecule has 4 heteroatoms. The quantitative estimate of drug-likeness (QED) is 0.214. The van der Waals surface area contributed by atoms with Gasteiger partial charge in [0.15, 0.2) is 0 Å². The van der Waals surface area contributed by atoms with Crippen molar-refractivity contribution in [3.8, 4) is 28.6 Å². The highest BCUT2D eigenvalue weighted by Crippen LogP contribution is 2.41. The third kappa shape index (κ3) is 3.87. The van der Waals surface area contributed by atoms with Crippen molar-refractivity contribution in [2.75, 3.05) is 0 Å². The van der Waals surface area contributed by atoms with E-state index in [-0.39, 0.29) is 0 Å². The van der Waals surface area contributed by atoms with Gasteiger partial charge in [-0.2, -0.15) is 5.26 Å². The second kappa shape index (κ2) is 9.69. The summed E-state index contributed by atoms with van der Waals surface area (Å²) in [5.41, 5.74) is 13.7. The van der Waals surface area contributed by atoms with E-state index in [1.165, 1.54) is 43.8 Å². The lowest BCUT2D eigenvalue weighted by Gasteiger charge is -2.19. The zero-order chi connectivity index (χ0) is 30.1. The number of hydrogen-bond acceptors (Lipinski definition) is 2. The van der Waals surface area contributed by atoms with Gasteiger partial charge in [0, 0.05) is 39.5 Å². The molecule has 0 aliphatic carbocycles. The van der Waals surface area contributed by atoms with Crippen LogP contribution in [-0.2, 0) is 0 Å². The number of benzene rings is 5. The molecule has 0 saturated heterocycles. The maximum absolute atomic E-state index is 10.8. The minimum Gasteiger partial charge on any atom is -0.309 e. The van der Waals surface area contributed by atoms with Gasteiger partial charge >= 0.3 is 0 Å². The maximum atomic E-state index is 10.8. The average Bonchev–Trinajstić information content (AvgIpc) is 3.51. The first-order valence-electron chi connectivity index (χ1n) is 14.9. The third-order valence-corrected chi connectivity index (χ3v) is 8.86. The molecule has 0 spiro atoms. The van der Waals surface area contributed by atoms with Crippen LogP contribution in [0.2, 0.25) is 0 Å². The van der Waals surface area contributed by atoms with E-state index in [0.717, 1.165) is 44.6 Å². The van der Waals surface area contributed by atoms with E-state index in [1.807, 2.05) is 12.4 Å². The van der Waals surface area contributed by atoms with Gasteiger partial charge in [0.1, 0.15) is 6.07 Å². The smallest absolute Gasteiger partial charge is 0.101 e. The highest BCUT2D eigenvalue weighted by molar-refractivity contribution is 6.11. The Morgan fingerprint density at radius 2 is 0.909 bits per heavy atom. The second-order valence-corrected chi connectivity index (χ2v) is 12.0. The predicted octanol–water partition coefficient (Wildman–Crippen LogP) is 10.0. The van der Waals surface area contributed by atoms with Gasteiger partial charge in [-0.15, -0.1) is 0 Å². The van der Waals surface area contributed by atoms with E-state index >= 15 is 0 Å². The van der Waals surface area contributed by atoms with Gasteiger partial charge in [0.25, 0.3) is 0 Å². The van der Waals surface area contributed by atoms with E-state index in [9.17, 15) is 5.26 Å². The van der Waals surface area contributed by atoms with Gasteiger partial charge in [-0.1, -0.05) is 48.5 Å². The standard InChI is InChI=1S/C40H30N4/c1-24-5-9-30-31-10-6-25(2)18-37(31)43(36(30)17-24)35-22-34(28-13-15-42-16-14-28)40(21-29(35)23-41)44-38-19-26(3)7-11-32(38)33-12-8-27(4)20-39(33)44/h5-22H,1-4H3. The topological polar surface area (TPSA) is 46.5 Å². The molecule has 0 radical (unpaired) electrons. The van der Waals surface area contributed by atoms with E-state index in [2.05, 4.69) is 145 Å². The van der Waals surface area contributed by atoms with Crippen LogP contribution < -0.4 is 0 Å². The summed E-state index contributed by atoms with van der Waals surface area (Å²) in [6.45, 7) is 8.50. The molecule has 210 valence electrons. The van der Waals surface area contributed by atoms with E-state index in [4.69, 9.17) is 0 Å². The van der Waals surface area contributed by atoms with Crippen LogP contribution in [0.1, 0.15) is 27.8 Å². The van der Waals surface area contributed by atoms with Crippen molar-refractivity contribution < 1.29 is 0 Å². The van der Waals surface area contributed by atoms with Crippen LogP contribution in [0.4, 0.5) is 0 Å². The van der Waals surface area contributed by atoms with Gasteiger partial charge in [0.2, 0.25) is 0 Å². The lowest BCUT2D eigenvalue weighted by molar-refractivity contribution is 1.13. The fourth-order valence-corrected chi connectivity index (χ4v) is 6.80. The molecule has 0 atom stereocenters. The molecule has 8 rings (SSSR count). The Bertz CT molecular complexity index is 2370. The number of fused-ring (bicyclic) bond motifs is 6. The Morgan fingerprint density at radius 1 is 0.500 bits per heavy atom. The van der Waals surface area contributed by atoms with Crippen LogP contribution in [0.5, 0.6) is 0 Å². The molecule has 0 unspecified atom stereocenters. The van der Waals surface area contributed by atoms with Crippen LogP contribution in [-0.4, -0.2) is 14.1 Å². The predicted molar refractivity (Wildman–Crippen MR) is 182 cm³/mol. The summed E-state index contributed by atoms with van der Waals surface area (Å²) in [6, 6.07) is 37.4. The molecule has 0 fully saturated rings.